The van der Waals surface area contributed by atoms with Crippen molar-refractivity contribution in [2.45, 2.75) is 17.3 Å². The molecule has 5 rings (SSSR count). The number of allylic oxidation sites excluding steroid dienone is 2. The summed E-state index contributed by atoms with van der Waals surface area (Å²) < 4.78 is 11.3. The van der Waals surface area contributed by atoms with Crippen molar-refractivity contribution in [3.8, 4) is 0 Å². The van der Waals surface area contributed by atoms with Crippen LogP contribution in [0.5, 0.6) is 0 Å². The predicted octanol–water partition coefficient (Wildman–Crippen LogP) is 4.39. The van der Waals surface area contributed by atoms with Crippen LogP contribution in [0.2, 0.25) is 3.93 Å². The van der Waals surface area contributed by atoms with E-state index in [0.29, 0.717) is 15.8 Å². The first-order chi connectivity index (χ1) is 14.7. The Kier molecular flexibility index (Phi) is 5.36. The van der Waals surface area contributed by atoms with Gasteiger partial charge in [0.15, 0.2) is 0 Å². The number of rotatable bonds is 6. The Hall–Kier alpha value is -1.84. The first kappa shape index (κ1) is 20.1. The summed E-state index contributed by atoms with van der Waals surface area (Å²) in [5.41, 5.74) is 0.159. The summed E-state index contributed by atoms with van der Waals surface area (Å²) in [7, 11) is 1.88. The molecule has 2 aliphatic rings. The first-order valence-electron chi connectivity index (χ1n) is 11.0. The van der Waals surface area contributed by atoms with Gasteiger partial charge in [0, 0.05) is 0 Å². The zero-order valence-electron chi connectivity index (χ0n) is 17.9. The van der Waals surface area contributed by atoms with Crippen LogP contribution in [0, 0.1) is 17.3 Å². The van der Waals surface area contributed by atoms with E-state index in [1.54, 1.807) is 10.7 Å². The number of fused-ring (bicyclic) bond motifs is 2. The molecule has 0 saturated heterocycles. The number of methoxy groups -OCH3 is 1. The average Bonchev–Trinajstić information content (AvgIpc) is 3.38. The summed E-state index contributed by atoms with van der Waals surface area (Å²) in [5.74, 6) is 1.24. The van der Waals surface area contributed by atoms with Crippen LogP contribution in [-0.4, -0.2) is 32.1 Å². The second kappa shape index (κ2) is 8.01. The molecule has 1 fully saturated rings. The Morgan fingerprint density at radius 1 is 0.767 bits per heavy atom. The number of benzene rings is 3. The van der Waals surface area contributed by atoms with Gasteiger partial charge in [-0.15, -0.1) is 0 Å². The molecule has 0 aliphatic heterocycles. The van der Waals surface area contributed by atoms with Gasteiger partial charge in [0.25, 0.3) is 0 Å². The van der Waals surface area contributed by atoms with E-state index in [-0.39, 0.29) is 5.41 Å². The molecule has 0 radical (unpaired) electrons. The van der Waals surface area contributed by atoms with Crippen LogP contribution in [0.4, 0.5) is 0 Å². The van der Waals surface area contributed by atoms with Crippen molar-refractivity contribution in [3.05, 3.63) is 103 Å². The second-order valence-electron chi connectivity index (χ2n) is 9.21. The Morgan fingerprint density at radius 2 is 1.23 bits per heavy atom. The Labute approximate surface area is 184 Å². The van der Waals surface area contributed by atoms with Gasteiger partial charge >= 0.3 is 185 Å². The summed E-state index contributed by atoms with van der Waals surface area (Å²) >= 11 is -3.43. The minimum atomic E-state index is -3.43. The number of ether oxygens (including phenoxy) is 1. The van der Waals surface area contributed by atoms with Gasteiger partial charge in [0.1, 0.15) is 0 Å². The average molecular weight is 501 g/mol. The molecule has 4 atom stereocenters. The van der Waals surface area contributed by atoms with Gasteiger partial charge in [-0.2, -0.15) is 0 Å². The molecule has 0 N–H and O–H groups in total. The van der Waals surface area contributed by atoms with Crippen molar-refractivity contribution in [2.24, 2.45) is 17.3 Å². The van der Waals surface area contributed by atoms with E-state index in [9.17, 15) is 0 Å². The van der Waals surface area contributed by atoms with Crippen LogP contribution in [0.1, 0.15) is 13.3 Å². The van der Waals surface area contributed by atoms with E-state index in [1.165, 1.54) is 6.42 Å². The van der Waals surface area contributed by atoms with E-state index in [2.05, 4.69) is 110 Å². The van der Waals surface area contributed by atoms with Crippen molar-refractivity contribution in [2.75, 3.05) is 13.7 Å². The van der Waals surface area contributed by atoms with E-state index in [1.807, 2.05) is 7.11 Å². The van der Waals surface area contributed by atoms with Crippen molar-refractivity contribution >= 4 is 29.1 Å². The van der Waals surface area contributed by atoms with Crippen LogP contribution in [0.3, 0.4) is 0 Å². The Balaban J connectivity index is 1.87. The maximum absolute atomic E-state index is 5.91. The summed E-state index contributed by atoms with van der Waals surface area (Å²) in [5, 5.41) is 0. The fourth-order valence-electron chi connectivity index (χ4n) is 6.65. The van der Waals surface area contributed by atoms with Gasteiger partial charge < -0.3 is 0 Å². The molecule has 152 valence electrons. The molecule has 30 heavy (non-hydrogen) atoms. The zero-order valence-corrected chi connectivity index (χ0v) is 20.7. The third kappa shape index (κ3) is 2.93. The van der Waals surface area contributed by atoms with Crippen LogP contribution < -0.4 is 10.7 Å². The summed E-state index contributed by atoms with van der Waals surface area (Å²) in [6.07, 6.45) is 6.29. The van der Waals surface area contributed by atoms with Crippen LogP contribution in [0.15, 0.2) is 103 Å². The molecule has 0 heterocycles. The molecule has 3 aromatic carbocycles. The summed E-state index contributed by atoms with van der Waals surface area (Å²) in [6.45, 7) is 3.34. The predicted molar refractivity (Wildman–Crippen MR) is 128 cm³/mol. The fraction of sp³-hybridized carbons (Fsp3) is 0.286. The van der Waals surface area contributed by atoms with Crippen molar-refractivity contribution < 1.29 is 4.74 Å². The van der Waals surface area contributed by atoms with Crippen molar-refractivity contribution in [3.63, 3.8) is 0 Å². The number of hydrogen-bond donors (Lipinski definition) is 0. The normalized spacial score (nSPS) is 27.5. The molecule has 2 aliphatic carbocycles. The summed E-state index contributed by atoms with van der Waals surface area (Å²) in [4.78, 5) is 0. The van der Waals surface area contributed by atoms with Crippen LogP contribution in [0.25, 0.3) is 0 Å². The van der Waals surface area contributed by atoms with Gasteiger partial charge in [-0.05, 0) is 0 Å². The Morgan fingerprint density at radius 3 is 1.67 bits per heavy atom. The first-order valence-corrected chi connectivity index (χ1v) is 17.0. The van der Waals surface area contributed by atoms with Gasteiger partial charge in [-0.25, -0.2) is 0 Å². The van der Waals surface area contributed by atoms with Gasteiger partial charge in [-0.3, -0.25) is 0 Å². The quantitative estimate of drug-likeness (QED) is 0.360. The molecule has 3 aromatic rings. The Bertz CT molecular complexity index is 918. The molecule has 0 unspecified atom stereocenters. The molecule has 1 nitrogen and oxygen atoms in total. The zero-order chi connectivity index (χ0) is 20.6. The molecule has 1 saturated carbocycles. The minimum absolute atomic E-state index is 0.159. The van der Waals surface area contributed by atoms with Gasteiger partial charge in [-0.1, -0.05) is 0 Å². The van der Waals surface area contributed by atoms with E-state index in [0.717, 1.165) is 6.61 Å². The molecule has 0 spiro atoms. The van der Waals surface area contributed by atoms with Crippen molar-refractivity contribution in [1.29, 1.82) is 0 Å². The molecule has 2 bridgehead atoms. The molecule has 0 amide bonds. The van der Waals surface area contributed by atoms with E-state index >= 15 is 0 Å². The van der Waals surface area contributed by atoms with E-state index < -0.39 is 18.4 Å². The van der Waals surface area contributed by atoms with Crippen molar-refractivity contribution in [1.82, 2.24) is 0 Å². The van der Waals surface area contributed by atoms with Crippen LogP contribution >= 0.6 is 0 Å². The molecular formula is C28H30OSn. The van der Waals surface area contributed by atoms with E-state index in [4.69, 9.17) is 4.74 Å². The topological polar surface area (TPSA) is 9.23 Å². The monoisotopic (exact) mass is 502 g/mol. The van der Waals surface area contributed by atoms with Crippen LogP contribution in [-0.2, 0) is 4.74 Å². The van der Waals surface area contributed by atoms with Gasteiger partial charge in [0.05, 0.1) is 0 Å². The SMILES string of the molecule is COC[C@@]1(C)[C@@H]2C=C[C@@H](C2)[C@H]1[Sn]([c]1ccccc1)([c]1ccccc1)[c]1ccccc1. The van der Waals surface area contributed by atoms with Gasteiger partial charge in [0.2, 0.25) is 0 Å². The third-order valence-electron chi connectivity index (χ3n) is 7.71. The number of hydrogen-bond acceptors (Lipinski definition) is 1. The second-order valence-corrected chi connectivity index (χ2v) is 20.5. The maximum atomic E-state index is 5.91. The molecule has 0 aromatic heterocycles. The fourth-order valence-corrected chi connectivity index (χ4v) is 24.9. The third-order valence-corrected chi connectivity index (χ3v) is 24.1. The molecule has 2 heteroatoms. The summed E-state index contributed by atoms with van der Waals surface area (Å²) in [6, 6.07) is 34.4. The molecular weight excluding hydrogens is 471 g/mol. The standard InChI is InChI=1S/C10H15O.3C6H5.Sn/c1-10(7-11-2)6-8-3-4-9(10)5-8;3*1-2-4-6-5-3-1;/h3-4,6,8-9H,5,7H2,1-2H3;3*1-5H;/t8-,9+,10-;;;;/m0..../s1.